The third kappa shape index (κ3) is 3.82. The molecule has 0 bridgehead atoms. The average Bonchev–Trinajstić information content (AvgIpc) is 2.46. The molecule has 19 heavy (non-hydrogen) atoms. The Kier molecular flexibility index (Phi) is 5.00. The van der Waals surface area contributed by atoms with Crippen molar-refractivity contribution in [1.29, 1.82) is 0 Å². The number of carbonyl (C=O) groups excluding carboxylic acids is 1. The highest BCUT2D eigenvalue weighted by atomic mass is 16.2. The maximum Gasteiger partial charge on any atom is 0.222 e. The van der Waals surface area contributed by atoms with E-state index in [9.17, 15) is 4.79 Å². The molecular formula is C17H25NO. The Hall–Kier alpha value is -1.31. The highest BCUT2D eigenvalue weighted by molar-refractivity contribution is 5.76. The lowest BCUT2D eigenvalue weighted by Crippen LogP contribution is -2.37. The van der Waals surface area contributed by atoms with Gasteiger partial charge in [0.15, 0.2) is 0 Å². The number of hydrogen-bond donors (Lipinski definition) is 0. The van der Waals surface area contributed by atoms with E-state index in [0.29, 0.717) is 11.8 Å². The third-order valence-electron chi connectivity index (χ3n) is 4.14. The van der Waals surface area contributed by atoms with Crippen LogP contribution in [0.2, 0.25) is 0 Å². The van der Waals surface area contributed by atoms with Gasteiger partial charge in [-0.3, -0.25) is 4.79 Å². The second kappa shape index (κ2) is 6.74. The molecule has 1 amide bonds. The number of likely N-dealkylation sites (tertiary alicyclic amines) is 1. The summed E-state index contributed by atoms with van der Waals surface area (Å²) in [5.74, 6) is 0.986. The van der Waals surface area contributed by atoms with Gasteiger partial charge in [-0.15, -0.1) is 0 Å². The molecule has 0 atom stereocenters. The Balaban J connectivity index is 1.85. The zero-order chi connectivity index (χ0) is 13.7. The molecule has 1 aliphatic heterocycles. The number of nitrogens with zero attached hydrogens (tertiary/aromatic N) is 1. The molecule has 0 saturated carbocycles. The first-order chi connectivity index (χ1) is 9.20. The standard InChI is InChI=1S/C17H25NO/c1-3-4-5-17(19)18-12-10-16(11-13-18)15-8-6-14(2)7-9-15/h6-9,16H,3-5,10-13H2,1-2H3. The van der Waals surface area contributed by atoms with Crippen molar-refractivity contribution < 1.29 is 4.79 Å². The summed E-state index contributed by atoms with van der Waals surface area (Å²) >= 11 is 0. The largest absolute Gasteiger partial charge is 0.343 e. The van der Waals surface area contributed by atoms with Crippen molar-refractivity contribution in [2.24, 2.45) is 0 Å². The van der Waals surface area contributed by atoms with Crippen LogP contribution in [0.15, 0.2) is 24.3 Å². The predicted octanol–water partition coefficient (Wildman–Crippen LogP) is 3.89. The van der Waals surface area contributed by atoms with Crippen LogP contribution in [0.25, 0.3) is 0 Å². The zero-order valence-electron chi connectivity index (χ0n) is 12.2. The minimum atomic E-state index is 0.351. The number of rotatable bonds is 4. The summed E-state index contributed by atoms with van der Waals surface area (Å²) < 4.78 is 0. The van der Waals surface area contributed by atoms with Crippen molar-refractivity contribution >= 4 is 5.91 Å². The van der Waals surface area contributed by atoms with Crippen LogP contribution in [0.3, 0.4) is 0 Å². The summed E-state index contributed by atoms with van der Waals surface area (Å²) in [5, 5.41) is 0. The molecular weight excluding hydrogens is 234 g/mol. The third-order valence-corrected chi connectivity index (χ3v) is 4.14. The van der Waals surface area contributed by atoms with Crippen molar-refractivity contribution in [1.82, 2.24) is 4.90 Å². The van der Waals surface area contributed by atoms with Crippen molar-refractivity contribution in [3.8, 4) is 0 Å². The molecule has 0 spiro atoms. The van der Waals surface area contributed by atoms with E-state index in [-0.39, 0.29) is 0 Å². The van der Waals surface area contributed by atoms with Crippen LogP contribution in [-0.4, -0.2) is 23.9 Å². The Bertz CT molecular complexity index is 402. The zero-order valence-corrected chi connectivity index (χ0v) is 12.2. The van der Waals surface area contributed by atoms with Crippen molar-refractivity contribution in [2.45, 2.75) is 51.9 Å². The number of amides is 1. The first-order valence-corrected chi connectivity index (χ1v) is 7.55. The first-order valence-electron chi connectivity index (χ1n) is 7.55. The van der Waals surface area contributed by atoms with Gasteiger partial charge in [0, 0.05) is 19.5 Å². The summed E-state index contributed by atoms with van der Waals surface area (Å²) in [5.41, 5.74) is 2.75. The highest BCUT2D eigenvalue weighted by Crippen LogP contribution is 2.28. The average molecular weight is 259 g/mol. The first kappa shape index (κ1) is 14.1. The monoisotopic (exact) mass is 259 g/mol. The summed E-state index contributed by atoms with van der Waals surface area (Å²) in [6.45, 7) is 6.12. The number of piperidine rings is 1. The summed E-state index contributed by atoms with van der Waals surface area (Å²) in [7, 11) is 0. The van der Waals surface area contributed by atoms with Gasteiger partial charge in [-0.25, -0.2) is 0 Å². The molecule has 1 fully saturated rings. The van der Waals surface area contributed by atoms with E-state index >= 15 is 0 Å². The lowest BCUT2D eigenvalue weighted by molar-refractivity contribution is -0.132. The van der Waals surface area contributed by atoms with Crippen LogP contribution in [0.1, 0.15) is 56.1 Å². The van der Waals surface area contributed by atoms with Crippen LogP contribution in [-0.2, 0) is 4.79 Å². The Morgan fingerprint density at radius 3 is 2.42 bits per heavy atom. The van der Waals surface area contributed by atoms with Gasteiger partial charge in [0.1, 0.15) is 0 Å². The summed E-state index contributed by atoms with van der Waals surface area (Å²) in [6, 6.07) is 8.87. The maximum absolute atomic E-state index is 12.0. The van der Waals surface area contributed by atoms with E-state index in [4.69, 9.17) is 0 Å². The smallest absolute Gasteiger partial charge is 0.222 e. The molecule has 0 aromatic heterocycles. The minimum Gasteiger partial charge on any atom is -0.343 e. The lowest BCUT2D eigenvalue weighted by atomic mass is 9.89. The number of unbranched alkanes of at least 4 members (excludes halogenated alkanes) is 1. The highest BCUT2D eigenvalue weighted by Gasteiger charge is 2.23. The molecule has 0 radical (unpaired) electrons. The van der Waals surface area contributed by atoms with Crippen molar-refractivity contribution in [2.75, 3.05) is 13.1 Å². The van der Waals surface area contributed by atoms with E-state index in [1.807, 2.05) is 0 Å². The predicted molar refractivity (Wildman–Crippen MR) is 79.3 cm³/mol. The van der Waals surface area contributed by atoms with E-state index in [0.717, 1.165) is 45.2 Å². The number of carbonyl (C=O) groups is 1. The molecule has 1 aromatic carbocycles. The topological polar surface area (TPSA) is 20.3 Å². The molecule has 0 N–H and O–H groups in total. The van der Waals surface area contributed by atoms with Crippen molar-refractivity contribution in [3.05, 3.63) is 35.4 Å². The van der Waals surface area contributed by atoms with Crippen LogP contribution in [0, 0.1) is 6.92 Å². The molecule has 1 heterocycles. The second-order valence-electron chi connectivity index (χ2n) is 5.67. The van der Waals surface area contributed by atoms with Gasteiger partial charge < -0.3 is 4.90 Å². The molecule has 1 saturated heterocycles. The van der Waals surface area contributed by atoms with Crippen LogP contribution in [0.5, 0.6) is 0 Å². The van der Waals surface area contributed by atoms with Crippen molar-refractivity contribution in [3.63, 3.8) is 0 Å². The fourth-order valence-corrected chi connectivity index (χ4v) is 2.79. The number of benzene rings is 1. The maximum atomic E-state index is 12.0. The van der Waals surface area contributed by atoms with Gasteiger partial charge in [-0.2, -0.15) is 0 Å². The second-order valence-corrected chi connectivity index (χ2v) is 5.67. The fraction of sp³-hybridized carbons (Fsp3) is 0.588. The van der Waals surface area contributed by atoms with Gasteiger partial charge in [-0.1, -0.05) is 43.2 Å². The van der Waals surface area contributed by atoms with Gasteiger partial charge in [0.25, 0.3) is 0 Å². The van der Waals surface area contributed by atoms with Gasteiger partial charge in [0.05, 0.1) is 0 Å². The quantitative estimate of drug-likeness (QED) is 0.803. The Morgan fingerprint density at radius 2 is 1.84 bits per heavy atom. The Morgan fingerprint density at radius 1 is 1.21 bits per heavy atom. The lowest BCUT2D eigenvalue weighted by Gasteiger charge is -2.32. The van der Waals surface area contributed by atoms with Gasteiger partial charge in [-0.05, 0) is 37.7 Å². The molecule has 2 heteroatoms. The van der Waals surface area contributed by atoms with E-state index in [2.05, 4.69) is 43.0 Å². The van der Waals surface area contributed by atoms with E-state index < -0.39 is 0 Å². The molecule has 1 aromatic rings. The molecule has 0 aliphatic carbocycles. The molecule has 0 unspecified atom stereocenters. The SMILES string of the molecule is CCCCC(=O)N1CCC(c2ccc(C)cc2)CC1. The van der Waals surface area contributed by atoms with Crippen LogP contribution >= 0.6 is 0 Å². The molecule has 104 valence electrons. The van der Waals surface area contributed by atoms with Crippen LogP contribution in [0.4, 0.5) is 0 Å². The number of aryl methyl sites for hydroxylation is 1. The summed E-state index contributed by atoms with van der Waals surface area (Å²) in [4.78, 5) is 14.0. The summed E-state index contributed by atoms with van der Waals surface area (Å²) in [6.07, 6.45) is 5.08. The minimum absolute atomic E-state index is 0.351. The van der Waals surface area contributed by atoms with Gasteiger partial charge in [0.2, 0.25) is 5.91 Å². The molecule has 2 nitrogen and oxygen atoms in total. The molecule has 1 aliphatic rings. The molecule has 2 rings (SSSR count). The van der Waals surface area contributed by atoms with E-state index in [1.165, 1.54) is 11.1 Å². The number of hydrogen-bond acceptors (Lipinski definition) is 1. The fourth-order valence-electron chi connectivity index (χ4n) is 2.79. The van der Waals surface area contributed by atoms with Crippen LogP contribution < -0.4 is 0 Å². The normalized spacial score (nSPS) is 16.6. The van der Waals surface area contributed by atoms with Gasteiger partial charge >= 0.3 is 0 Å². The Labute approximate surface area is 116 Å². The van der Waals surface area contributed by atoms with E-state index in [1.54, 1.807) is 0 Å².